The van der Waals surface area contributed by atoms with Crippen LogP contribution in [-0.4, -0.2) is 12.1 Å². The van der Waals surface area contributed by atoms with Crippen molar-refractivity contribution in [3.8, 4) is 17.0 Å². The second kappa shape index (κ2) is 4.18. The van der Waals surface area contributed by atoms with E-state index in [1.165, 1.54) is 12.1 Å². The van der Waals surface area contributed by atoms with Gasteiger partial charge in [-0.2, -0.15) is 0 Å². The molecule has 1 aromatic carbocycles. The molecule has 0 bridgehead atoms. The van der Waals surface area contributed by atoms with E-state index in [2.05, 4.69) is 4.98 Å². The maximum atomic E-state index is 13.1. The molecule has 0 saturated heterocycles. The van der Waals surface area contributed by atoms with E-state index in [0.29, 0.717) is 17.1 Å². The Morgan fingerprint density at radius 3 is 2.56 bits per heavy atom. The van der Waals surface area contributed by atoms with E-state index in [1.807, 2.05) is 0 Å². The lowest BCUT2D eigenvalue weighted by Gasteiger charge is -2.04. The molecule has 1 aromatic heterocycles. The molecule has 4 heteroatoms. The number of aromatic nitrogens is 1. The molecule has 0 aliphatic heterocycles. The highest BCUT2D eigenvalue weighted by Gasteiger charge is 2.02. The zero-order valence-corrected chi connectivity index (χ0v) is 8.77. The number of halogens is 1. The molecule has 82 valence electrons. The second-order valence-electron chi connectivity index (χ2n) is 3.36. The fourth-order valence-corrected chi connectivity index (χ4v) is 1.45. The molecule has 0 atom stereocenters. The minimum absolute atomic E-state index is 0.356. The third-order valence-electron chi connectivity index (χ3n) is 2.20. The molecule has 0 radical (unpaired) electrons. The predicted molar refractivity (Wildman–Crippen MR) is 60.6 cm³/mol. The molecule has 0 fully saturated rings. The summed E-state index contributed by atoms with van der Waals surface area (Å²) in [6.45, 7) is 0. The van der Waals surface area contributed by atoms with E-state index in [-0.39, 0.29) is 5.82 Å². The third kappa shape index (κ3) is 2.11. The molecule has 1 heterocycles. The molecule has 2 rings (SSSR count). The van der Waals surface area contributed by atoms with Crippen LogP contribution in [0, 0.1) is 5.82 Å². The van der Waals surface area contributed by atoms with Crippen LogP contribution >= 0.6 is 0 Å². The monoisotopic (exact) mass is 218 g/mol. The lowest BCUT2D eigenvalue weighted by molar-refractivity contribution is 0.398. The van der Waals surface area contributed by atoms with Crippen molar-refractivity contribution in [2.45, 2.75) is 0 Å². The van der Waals surface area contributed by atoms with Crippen LogP contribution in [0.5, 0.6) is 5.88 Å². The summed E-state index contributed by atoms with van der Waals surface area (Å²) >= 11 is 0. The number of nitrogen functional groups attached to an aromatic ring is 1. The van der Waals surface area contributed by atoms with Gasteiger partial charge in [-0.05, 0) is 29.8 Å². The highest BCUT2D eigenvalue weighted by Crippen LogP contribution is 2.23. The summed E-state index contributed by atoms with van der Waals surface area (Å²) in [6, 6.07) is 7.92. The fourth-order valence-electron chi connectivity index (χ4n) is 1.45. The van der Waals surface area contributed by atoms with E-state index in [9.17, 15) is 4.39 Å². The number of ether oxygens (including phenoxy) is 1. The van der Waals surface area contributed by atoms with E-state index in [4.69, 9.17) is 10.5 Å². The van der Waals surface area contributed by atoms with Gasteiger partial charge >= 0.3 is 0 Å². The second-order valence-corrected chi connectivity index (χ2v) is 3.36. The van der Waals surface area contributed by atoms with Gasteiger partial charge in [0.25, 0.3) is 0 Å². The van der Waals surface area contributed by atoms with E-state index in [0.717, 1.165) is 5.56 Å². The van der Waals surface area contributed by atoms with Gasteiger partial charge in [0.1, 0.15) is 5.82 Å². The van der Waals surface area contributed by atoms with Gasteiger partial charge in [-0.3, -0.25) is 0 Å². The van der Waals surface area contributed by atoms with Crippen LogP contribution in [-0.2, 0) is 0 Å². The average Bonchev–Trinajstić information content (AvgIpc) is 2.28. The number of benzene rings is 1. The molecule has 0 spiro atoms. The number of rotatable bonds is 2. The summed E-state index contributed by atoms with van der Waals surface area (Å²) in [5.41, 5.74) is 7.46. The van der Waals surface area contributed by atoms with Crippen LogP contribution in [0.4, 0.5) is 10.1 Å². The van der Waals surface area contributed by atoms with Gasteiger partial charge in [0.15, 0.2) is 0 Å². The predicted octanol–water partition coefficient (Wildman–Crippen LogP) is 2.48. The Morgan fingerprint density at radius 2 is 2.00 bits per heavy atom. The zero-order chi connectivity index (χ0) is 11.5. The Kier molecular flexibility index (Phi) is 2.72. The number of nitrogens with zero attached hydrogens (tertiary/aromatic N) is 1. The maximum Gasteiger partial charge on any atom is 0.212 e. The smallest absolute Gasteiger partial charge is 0.212 e. The summed E-state index contributed by atoms with van der Waals surface area (Å²) < 4.78 is 18.1. The molecule has 0 unspecified atom stereocenters. The largest absolute Gasteiger partial charge is 0.481 e. The normalized spacial score (nSPS) is 10.1. The van der Waals surface area contributed by atoms with E-state index >= 15 is 0 Å². The number of hydrogen-bond acceptors (Lipinski definition) is 3. The van der Waals surface area contributed by atoms with E-state index < -0.39 is 0 Å². The van der Waals surface area contributed by atoms with Gasteiger partial charge in [-0.25, -0.2) is 9.37 Å². The van der Waals surface area contributed by atoms with Crippen molar-refractivity contribution < 1.29 is 9.13 Å². The topological polar surface area (TPSA) is 48.1 Å². The molecule has 16 heavy (non-hydrogen) atoms. The molecule has 2 N–H and O–H groups in total. The number of pyridine rings is 1. The van der Waals surface area contributed by atoms with Crippen molar-refractivity contribution >= 4 is 5.69 Å². The Bertz CT molecular complexity index is 477. The minimum Gasteiger partial charge on any atom is -0.481 e. The van der Waals surface area contributed by atoms with Gasteiger partial charge in [-0.1, -0.05) is 0 Å². The summed E-state index contributed by atoms with van der Waals surface area (Å²) in [7, 11) is 1.54. The molecule has 0 amide bonds. The van der Waals surface area contributed by atoms with Crippen molar-refractivity contribution in [2.24, 2.45) is 0 Å². The molecule has 0 aliphatic carbocycles. The van der Waals surface area contributed by atoms with Gasteiger partial charge in [0.05, 0.1) is 7.11 Å². The number of hydrogen-bond donors (Lipinski definition) is 1. The molecular weight excluding hydrogens is 207 g/mol. The Hall–Kier alpha value is -2.10. The fraction of sp³-hybridized carbons (Fsp3) is 0.0833. The Labute approximate surface area is 92.7 Å². The lowest BCUT2D eigenvalue weighted by Crippen LogP contribution is -1.90. The molecular formula is C12H11FN2O. The highest BCUT2D eigenvalue weighted by atomic mass is 19.1. The highest BCUT2D eigenvalue weighted by molar-refractivity contribution is 5.66. The summed E-state index contributed by atoms with van der Waals surface area (Å²) in [4.78, 5) is 4.05. The van der Waals surface area contributed by atoms with E-state index in [1.54, 1.807) is 31.5 Å². The molecule has 0 saturated carbocycles. The first-order valence-corrected chi connectivity index (χ1v) is 4.75. The average molecular weight is 218 g/mol. The van der Waals surface area contributed by atoms with Crippen molar-refractivity contribution in [1.82, 2.24) is 4.98 Å². The Morgan fingerprint density at radius 1 is 1.19 bits per heavy atom. The standard InChI is InChI=1S/C12H11FN2O/c1-16-12-3-2-8(7-15-12)9-4-10(13)6-11(14)5-9/h2-7H,14H2,1H3. The Balaban J connectivity index is 2.42. The van der Waals surface area contributed by atoms with Crippen LogP contribution in [0.2, 0.25) is 0 Å². The molecule has 2 aromatic rings. The number of anilines is 1. The van der Waals surface area contributed by atoms with Crippen LogP contribution in [0.1, 0.15) is 0 Å². The number of nitrogens with two attached hydrogens (primary N) is 1. The first kappa shape index (κ1) is 10.4. The SMILES string of the molecule is COc1ccc(-c2cc(N)cc(F)c2)cn1. The first-order valence-electron chi connectivity index (χ1n) is 4.75. The van der Waals surface area contributed by atoms with Crippen molar-refractivity contribution in [3.63, 3.8) is 0 Å². The van der Waals surface area contributed by atoms with Crippen LogP contribution in [0.25, 0.3) is 11.1 Å². The van der Waals surface area contributed by atoms with Crippen LogP contribution in [0.15, 0.2) is 36.5 Å². The minimum atomic E-state index is -0.356. The molecule has 0 aliphatic rings. The summed E-state index contributed by atoms with van der Waals surface area (Å²) in [5.74, 6) is 0.166. The number of methoxy groups -OCH3 is 1. The third-order valence-corrected chi connectivity index (χ3v) is 2.20. The van der Waals surface area contributed by atoms with Gasteiger partial charge < -0.3 is 10.5 Å². The molecule has 3 nitrogen and oxygen atoms in total. The van der Waals surface area contributed by atoms with Gasteiger partial charge in [0.2, 0.25) is 5.88 Å². The van der Waals surface area contributed by atoms with Crippen LogP contribution < -0.4 is 10.5 Å². The lowest BCUT2D eigenvalue weighted by atomic mass is 10.1. The first-order chi connectivity index (χ1) is 7.69. The quantitative estimate of drug-likeness (QED) is 0.788. The van der Waals surface area contributed by atoms with Crippen molar-refractivity contribution in [3.05, 3.63) is 42.3 Å². The summed E-state index contributed by atoms with van der Waals surface area (Å²) in [5, 5.41) is 0. The van der Waals surface area contributed by atoms with Gasteiger partial charge in [-0.15, -0.1) is 0 Å². The zero-order valence-electron chi connectivity index (χ0n) is 8.77. The maximum absolute atomic E-state index is 13.1. The van der Waals surface area contributed by atoms with Crippen LogP contribution in [0.3, 0.4) is 0 Å². The van der Waals surface area contributed by atoms with Crippen molar-refractivity contribution in [1.29, 1.82) is 0 Å². The van der Waals surface area contributed by atoms with Crippen molar-refractivity contribution in [2.75, 3.05) is 12.8 Å². The van der Waals surface area contributed by atoms with Gasteiger partial charge in [0, 0.05) is 23.5 Å². The summed E-state index contributed by atoms with van der Waals surface area (Å²) in [6.07, 6.45) is 1.62.